The fraction of sp³-hybridized carbons (Fsp3) is 0.214. The summed E-state index contributed by atoms with van der Waals surface area (Å²) in [5.41, 5.74) is 1.63. The molecule has 37 heavy (non-hydrogen) atoms. The molecular weight excluding hydrogens is 476 g/mol. The third-order valence-electron chi connectivity index (χ3n) is 6.08. The maximum atomic E-state index is 13.1. The third-order valence-corrected chi connectivity index (χ3v) is 6.08. The second kappa shape index (κ2) is 11.5. The molecule has 1 N–H and O–H groups in total. The second-order valence-corrected chi connectivity index (χ2v) is 8.49. The largest absolute Gasteiger partial charge is 0.507 e. The van der Waals surface area contributed by atoms with Crippen LogP contribution in [0.25, 0.3) is 5.76 Å². The van der Waals surface area contributed by atoms with Crippen LogP contribution < -0.4 is 4.74 Å². The lowest BCUT2D eigenvalue weighted by Crippen LogP contribution is -2.31. The number of Topliss-reactive ketones (excluding diaryl/α,β-unsaturated/α-hetero) is 1. The Balaban J connectivity index is 1.65. The van der Waals surface area contributed by atoms with Gasteiger partial charge in [0, 0.05) is 38.0 Å². The van der Waals surface area contributed by atoms with E-state index in [2.05, 4.69) is 0 Å². The molecule has 0 bridgehead atoms. The number of amides is 1. The number of ether oxygens (including phenoxy) is 2. The first kappa shape index (κ1) is 25.6. The Morgan fingerprint density at radius 1 is 1.00 bits per heavy atom. The Kier molecular flexibility index (Phi) is 7.95. The van der Waals surface area contributed by atoms with Crippen LogP contribution in [0.3, 0.4) is 0 Å². The standard InChI is InChI=1S/C28H26N2O7/c1-36-17-5-16-29-25(20-8-12-22(13-9-20)30(34)35)24(27(32)28(29)33)26(31)21-10-14-23(15-11-21)37-18-19-6-3-2-4-7-19/h2-4,6-15,25,31H,5,16-18H2,1H3/b26-24+. The van der Waals surface area contributed by atoms with Crippen molar-refractivity contribution in [3.8, 4) is 5.75 Å². The normalized spacial score (nSPS) is 16.7. The minimum atomic E-state index is -0.897. The lowest BCUT2D eigenvalue weighted by molar-refractivity contribution is -0.384. The fourth-order valence-corrected chi connectivity index (χ4v) is 4.22. The predicted molar refractivity (Wildman–Crippen MR) is 136 cm³/mol. The molecule has 1 atom stereocenters. The number of hydrogen-bond donors (Lipinski definition) is 1. The highest BCUT2D eigenvalue weighted by Gasteiger charge is 2.45. The molecule has 1 saturated heterocycles. The van der Waals surface area contributed by atoms with Gasteiger partial charge in [0.15, 0.2) is 0 Å². The number of aliphatic hydroxyl groups is 1. The average molecular weight is 503 g/mol. The van der Waals surface area contributed by atoms with Crippen LogP contribution in [-0.4, -0.2) is 46.9 Å². The number of likely N-dealkylation sites (tertiary alicyclic amines) is 1. The predicted octanol–water partition coefficient (Wildman–Crippen LogP) is 4.63. The zero-order valence-corrected chi connectivity index (χ0v) is 20.2. The van der Waals surface area contributed by atoms with Gasteiger partial charge in [0.05, 0.1) is 16.5 Å². The highest BCUT2D eigenvalue weighted by atomic mass is 16.6. The smallest absolute Gasteiger partial charge is 0.295 e. The van der Waals surface area contributed by atoms with Gasteiger partial charge in [-0.05, 0) is 53.9 Å². The summed E-state index contributed by atoms with van der Waals surface area (Å²) < 4.78 is 10.9. The number of hydrogen-bond acceptors (Lipinski definition) is 7. The molecule has 3 aromatic rings. The molecule has 190 valence electrons. The minimum Gasteiger partial charge on any atom is -0.507 e. The van der Waals surface area contributed by atoms with Gasteiger partial charge in [0.2, 0.25) is 0 Å². The van der Waals surface area contributed by atoms with E-state index in [1.807, 2.05) is 30.3 Å². The molecule has 9 nitrogen and oxygen atoms in total. The van der Waals surface area contributed by atoms with Gasteiger partial charge in [0.25, 0.3) is 17.4 Å². The van der Waals surface area contributed by atoms with Crippen LogP contribution in [-0.2, 0) is 20.9 Å². The molecule has 0 radical (unpaired) electrons. The van der Waals surface area contributed by atoms with Crippen LogP contribution in [0.4, 0.5) is 5.69 Å². The van der Waals surface area contributed by atoms with Gasteiger partial charge >= 0.3 is 0 Å². The van der Waals surface area contributed by atoms with Crippen molar-refractivity contribution in [2.24, 2.45) is 0 Å². The summed E-state index contributed by atoms with van der Waals surface area (Å²) in [5, 5.41) is 22.3. The van der Waals surface area contributed by atoms with Crippen molar-refractivity contribution in [3.05, 3.63) is 111 Å². The Morgan fingerprint density at radius 3 is 2.30 bits per heavy atom. The highest BCUT2D eigenvalue weighted by Crippen LogP contribution is 2.40. The monoisotopic (exact) mass is 502 g/mol. The Morgan fingerprint density at radius 2 is 1.68 bits per heavy atom. The SMILES string of the molecule is COCCCN1C(=O)C(=O)/C(=C(/O)c2ccc(OCc3ccccc3)cc2)C1c1ccc([N+](=O)[O-])cc1. The van der Waals surface area contributed by atoms with E-state index in [1.165, 1.54) is 36.3 Å². The van der Waals surface area contributed by atoms with Crippen molar-refractivity contribution < 1.29 is 29.1 Å². The van der Waals surface area contributed by atoms with Crippen molar-refractivity contribution in [1.29, 1.82) is 0 Å². The van der Waals surface area contributed by atoms with Crippen molar-refractivity contribution in [1.82, 2.24) is 4.90 Å². The first-order valence-electron chi connectivity index (χ1n) is 11.7. The summed E-state index contributed by atoms with van der Waals surface area (Å²) in [6.45, 7) is 0.961. The average Bonchev–Trinajstić information content (AvgIpc) is 3.17. The van der Waals surface area contributed by atoms with Crippen LogP contribution in [0.5, 0.6) is 5.75 Å². The zero-order chi connectivity index (χ0) is 26.4. The summed E-state index contributed by atoms with van der Waals surface area (Å²) in [5.74, 6) is -1.32. The molecule has 1 fully saturated rings. The summed E-state index contributed by atoms with van der Waals surface area (Å²) in [4.78, 5) is 38.0. The number of methoxy groups -OCH3 is 1. The quantitative estimate of drug-likeness (QED) is 0.107. The van der Waals surface area contributed by atoms with Crippen molar-refractivity contribution in [2.45, 2.75) is 19.1 Å². The minimum absolute atomic E-state index is 0.0748. The highest BCUT2D eigenvalue weighted by molar-refractivity contribution is 6.46. The molecule has 1 aliphatic heterocycles. The molecule has 1 aliphatic rings. The number of carbonyl (C=O) groups excluding carboxylic acids is 2. The second-order valence-electron chi connectivity index (χ2n) is 8.49. The molecule has 3 aromatic carbocycles. The molecule has 9 heteroatoms. The number of nitro benzene ring substituents is 1. The lowest BCUT2D eigenvalue weighted by atomic mass is 9.95. The fourth-order valence-electron chi connectivity index (χ4n) is 4.22. The van der Waals surface area contributed by atoms with Crippen molar-refractivity contribution in [3.63, 3.8) is 0 Å². The summed E-state index contributed by atoms with van der Waals surface area (Å²) in [6, 6.07) is 20.9. The number of carbonyl (C=O) groups is 2. The van der Waals surface area contributed by atoms with E-state index in [0.717, 1.165) is 5.56 Å². The van der Waals surface area contributed by atoms with Gasteiger partial charge in [-0.1, -0.05) is 30.3 Å². The van der Waals surface area contributed by atoms with E-state index < -0.39 is 22.7 Å². The molecule has 0 aliphatic carbocycles. The van der Waals surface area contributed by atoms with Gasteiger partial charge in [0.1, 0.15) is 18.1 Å². The van der Waals surface area contributed by atoms with Crippen LogP contribution in [0.1, 0.15) is 29.2 Å². The van der Waals surface area contributed by atoms with Gasteiger partial charge < -0.3 is 19.5 Å². The molecule has 0 spiro atoms. The number of ketones is 1. The number of nitro groups is 1. The van der Waals surface area contributed by atoms with Gasteiger partial charge in [-0.3, -0.25) is 19.7 Å². The van der Waals surface area contributed by atoms with Crippen LogP contribution in [0.2, 0.25) is 0 Å². The third kappa shape index (κ3) is 5.68. The van der Waals surface area contributed by atoms with Crippen LogP contribution >= 0.6 is 0 Å². The first-order chi connectivity index (χ1) is 17.9. The molecule has 1 heterocycles. The van der Waals surface area contributed by atoms with Gasteiger partial charge in [-0.2, -0.15) is 0 Å². The molecule has 4 rings (SSSR count). The maximum Gasteiger partial charge on any atom is 0.295 e. The summed E-state index contributed by atoms with van der Waals surface area (Å²) in [7, 11) is 1.54. The van der Waals surface area contributed by atoms with Crippen molar-refractivity contribution in [2.75, 3.05) is 20.3 Å². The Bertz CT molecular complexity index is 1300. The molecule has 0 saturated carbocycles. The summed E-state index contributed by atoms with van der Waals surface area (Å²) in [6.07, 6.45) is 0.473. The lowest BCUT2D eigenvalue weighted by Gasteiger charge is -2.25. The van der Waals surface area contributed by atoms with E-state index in [4.69, 9.17) is 9.47 Å². The van der Waals surface area contributed by atoms with E-state index in [9.17, 15) is 24.8 Å². The van der Waals surface area contributed by atoms with E-state index in [1.54, 1.807) is 24.3 Å². The Hall–Kier alpha value is -4.50. The van der Waals surface area contributed by atoms with Crippen molar-refractivity contribution >= 4 is 23.1 Å². The molecule has 0 aromatic heterocycles. The van der Waals surface area contributed by atoms with Crippen LogP contribution in [0.15, 0.2) is 84.4 Å². The number of aliphatic hydroxyl groups excluding tert-OH is 1. The topological polar surface area (TPSA) is 119 Å². The van der Waals surface area contributed by atoms with Crippen LogP contribution in [0, 0.1) is 10.1 Å². The van der Waals surface area contributed by atoms with E-state index in [0.29, 0.717) is 36.5 Å². The maximum absolute atomic E-state index is 13.1. The molecule has 1 unspecified atom stereocenters. The zero-order valence-electron chi connectivity index (χ0n) is 20.2. The first-order valence-corrected chi connectivity index (χ1v) is 11.7. The number of rotatable bonds is 10. The number of nitrogens with zero attached hydrogens (tertiary/aromatic N) is 2. The number of non-ortho nitro benzene ring substituents is 1. The van der Waals surface area contributed by atoms with E-state index >= 15 is 0 Å². The van der Waals surface area contributed by atoms with E-state index in [-0.39, 0.29) is 23.6 Å². The molecule has 1 amide bonds. The molecular formula is C28H26N2O7. The summed E-state index contributed by atoms with van der Waals surface area (Å²) >= 11 is 0. The van der Waals surface area contributed by atoms with Gasteiger partial charge in [-0.15, -0.1) is 0 Å². The Labute approximate surface area is 213 Å². The van der Waals surface area contributed by atoms with Gasteiger partial charge in [-0.25, -0.2) is 0 Å². The number of benzene rings is 3.